The molecule has 0 bridgehead atoms. The third kappa shape index (κ3) is 1.86. The fourth-order valence-electron chi connectivity index (χ4n) is 1.26. The van der Waals surface area contributed by atoms with Gasteiger partial charge >= 0.3 is 0 Å². The molecule has 0 saturated heterocycles. The third-order valence-corrected chi connectivity index (χ3v) is 1.98. The Morgan fingerprint density at radius 3 is 2.94 bits per heavy atom. The average molecular weight is 219 g/mol. The number of fused-ring (bicyclic) bond motifs is 1. The number of nitrogens with two attached hydrogens (primary N) is 1. The van der Waals surface area contributed by atoms with Gasteiger partial charge in [0.25, 0.3) is 11.8 Å². The molecule has 0 fully saturated rings. The first-order valence-electron chi connectivity index (χ1n) is 4.51. The lowest BCUT2D eigenvalue weighted by molar-refractivity contribution is -0.118. The van der Waals surface area contributed by atoms with Crippen molar-refractivity contribution in [1.29, 1.82) is 0 Å². The molecule has 16 heavy (non-hydrogen) atoms. The van der Waals surface area contributed by atoms with Crippen LogP contribution in [0.15, 0.2) is 36.1 Å². The van der Waals surface area contributed by atoms with Crippen molar-refractivity contribution in [2.75, 3.05) is 5.32 Å². The highest BCUT2D eigenvalue weighted by Gasteiger charge is 2.22. The van der Waals surface area contributed by atoms with Crippen molar-refractivity contribution in [1.82, 2.24) is 5.43 Å². The van der Waals surface area contributed by atoms with Crippen LogP contribution in [0.5, 0.6) is 5.75 Å². The van der Waals surface area contributed by atoms with E-state index in [0.29, 0.717) is 11.4 Å². The number of amides is 2. The van der Waals surface area contributed by atoms with E-state index < -0.39 is 11.8 Å². The lowest BCUT2D eigenvalue weighted by atomic mass is 10.2. The molecule has 0 atom stereocenters. The molecule has 0 spiro atoms. The molecule has 0 unspecified atom stereocenters. The van der Waals surface area contributed by atoms with E-state index in [1.807, 2.05) is 5.43 Å². The Hall–Kier alpha value is -2.34. The summed E-state index contributed by atoms with van der Waals surface area (Å²) in [4.78, 5) is 22.4. The van der Waals surface area contributed by atoms with Gasteiger partial charge in [-0.1, -0.05) is 12.1 Å². The Balaban J connectivity index is 2.31. The molecule has 1 aliphatic heterocycles. The predicted molar refractivity (Wildman–Crippen MR) is 56.1 cm³/mol. The summed E-state index contributed by atoms with van der Waals surface area (Å²) in [6.07, 6.45) is 0.991. The van der Waals surface area contributed by atoms with Crippen molar-refractivity contribution in [3.63, 3.8) is 0 Å². The van der Waals surface area contributed by atoms with Gasteiger partial charge in [0, 0.05) is 0 Å². The monoisotopic (exact) mass is 219 g/mol. The molecule has 0 aromatic heterocycles. The molecule has 0 aliphatic carbocycles. The molecule has 2 amide bonds. The summed E-state index contributed by atoms with van der Waals surface area (Å²) < 4.78 is 5.25. The summed E-state index contributed by atoms with van der Waals surface area (Å²) in [7, 11) is 0. The largest absolute Gasteiger partial charge is 0.449 e. The van der Waals surface area contributed by atoms with E-state index in [9.17, 15) is 9.59 Å². The second-order valence-corrected chi connectivity index (χ2v) is 3.07. The topological polar surface area (TPSA) is 93.4 Å². The number of carbonyl (C=O) groups is 2. The molecule has 1 aliphatic rings. The highest BCUT2D eigenvalue weighted by molar-refractivity contribution is 6.08. The van der Waals surface area contributed by atoms with Gasteiger partial charge in [-0.05, 0) is 12.1 Å². The number of hydrogen-bond donors (Lipinski definition) is 3. The van der Waals surface area contributed by atoms with Gasteiger partial charge in [0.05, 0.1) is 11.8 Å². The van der Waals surface area contributed by atoms with Crippen LogP contribution in [0.3, 0.4) is 0 Å². The van der Waals surface area contributed by atoms with Crippen LogP contribution in [-0.2, 0) is 9.59 Å². The summed E-state index contributed by atoms with van der Waals surface area (Å²) in [5.74, 6) is 4.20. The van der Waals surface area contributed by atoms with Crippen LogP contribution in [0.25, 0.3) is 0 Å². The number of carbonyl (C=O) groups excluding carboxylic acids is 2. The van der Waals surface area contributed by atoms with E-state index in [2.05, 4.69) is 5.32 Å². The normalized spacial score (nSPS) is 16.1. The molecule has 4 N–H and O–H groups in total. The lowest BCUT2D eigenvalue weighted by Gasteiger charge is -2.19. The SMILES string of the molecule is NNC(=O)/C=C1/Oc2ccccc2NC1=O. The maximum absolute atomic E-state index is 11.5. The highest BCUT2D eigenvalue weighted by Crippen LogP contribution is 2.29. The van der Waals surface area contributed by atoms with Crippen LogP contribution in [0.1, 0.15) is 0 Å². The van der Waals surface area contributed by atoms with Gasteiger partial charge in [-0.3, -0.25) is 15.0 Å². The molecule has 82 valence electrons. The zero-order chi connectivity index (χ0) is 11.5. The number of anilines is 1. The first kappa shape index (κ1) is 10.2. The van der Waals surface area contributed by atoms with Gasteiger partial charge in [0.2, 0.25) is 0 Å². The minimum Gasteiger partial charge on any atom is -0.449 e. The fourth-order valence-corrected chi connectivity index (χ4v) is 1.26. The summed E-state index contributed by atoms with van der Waals surface area (Å²) >= 11 is 0. The smallest absolute Gasteiger partial charge is 0.291 e. The van der Waals surface area contributed by atoms with Crippen LogP contribution in [0.4, 0.5) is 5.69 Å². The number of ether oxygens (including phenoxy) is 1. The van der Waals surface area contributed by atoms with Crippen molar-refractivity contribution in [3.8, 4) is 5.75 Å². The summed E-state index contributed by atoms with van der Waals surface area (Å²) in [6.45, 7) is 0. The number of benzene rings is 1. The molecule has 6 heteroatoms. The van der Waals surface area contributed by atoms with E-state index in [4.69, 9.17) is 10.6 Å². The van der Waals surface area contributed by atoms with Crippen molar-refractivity contribution in [2.45, 2.75) is 0 Å². The number of para-hydroxylation sites is 2. The molecule has 1 heterocycles. The molecular weight excluding hydrogens is 210 g/mol. The van der Waals surface area contributed by atoms with Crippen molar-refractivity contribution >= 4 is 17.5 Å². The molecule has 1 aromatic rings. The Kier molecular flexibility index (Phi) is 2.57. The fraction of sp³-hybridized carbons (Fsp3) is 0. The maximum Gasteiger partial charge on any atom is 0.291 e. The lowest BCUT2D eigenvalue weighted by Crippen LogP contribution is -2.31. The van der Waals surface area contributed by atoms with Crippen LogP contribution in [0.2, 0.25) is 0 Å². The summed E-state index contributed by atoms with van der Waals surface area (Å²) in [6, 6.07) is 6.91. The Morgan fingerprint density at radius 2 is 2.19 bits per heavy atom. The van der Waals surface area contributed by atoms with E-state index in [-0.39, 0.29) is 5.76 Å². The molecule has 6 nitrogen and oxygen atoms in total. The second-order valence-electron chi connectivity index (χ2n) is 3.07. The van der Waals surface area contributed by atoms with Gasteiger partial charge < -0.3 is 10.1 Å². The van der Waals surface area contributed by atoms with Crippen LogP contribution >= 0.6 is 0 Å². The zero-order valence-corrected chi connectivity index (χ0v) is 8.19. The Bertz CT molecular complexity index is 482. The summed E-state index contributed by atoms with van der Waals surface area (Å²) in [5, 5.41) is 2.59. The van der Waals surface area contributed by atoms with Gasteiger partial charge in [-0.25, -0.2) is 5.84 Å². The average Bonchev–Trinajstić information content (AvgIpc) is 2.30. The van der Waals surface area contributed by atoms with E-state index >= 15 is 0 Å². The Labute approximate surface area is 91.0 Å². The van der Waals surface area contributed by atoms with Gasteiger partial charge in [-0.2, -0.15) is 0 Å². The highest BCUT2D eigenvalue weighted by atomic mass is 16.5. The van der Waals surface area contributed by atoms with E-state index in [1.54, 1.807) is 24.3 Å². The van der Waals surface area contributed by atoms with E-state index in [1.165, 1.54) is 0 Å². The molecule has 0 saturated carbocycles. The molecule has 0 radical (unpaired) electrons. The van der Waals surface area contributed by atoms with Crippen LogP contribution in [-0.4, -0.2) is 11.8 Å². The minimum atomic E-state index is -0.607. The number of hydrogen-bond acceptors (Lipinski definition) is 4. The first-order chi connectivity index (χ1) is 7.70. The third-order valence-electron chi connectivity index (χ3n) is 1.98. The van der Waals surface area contributed by atoms with Gasteiger partial charge in [-0.15, -0.1) is 0 Å². The minimum absolute atomic E-state index is 0.0957. The predicted octanol–water partition coefficient (Wildman–Crippen LogP) is -0.109. The quantitative estimate of drug-likeness (QED) is 0.266. The molecule has 2 rings (SSSR count). The van der Waals surface area contributed by atoms with Crippen molar-refractivity contribution in [2.24, 2.45) is 5.84 Å². The van der Waals surface area contributed by atoms with Crippen molar-refractivity contribution in [3.05, 3.63) is 36.1 Å². The second kappa shape index (κ2) is 4.03. The van der Waals surface area contributed by atoms with Gasteiger partial charge in [0.1, 0.15) is 0 Å². The number of hydrazine groups is 1. The van der Waals surface area contributed by atoms with Crippen molar-refractivity contribution < 1.29 is 14.3 Å². The zero-order valence-electron chi connectivity index (χ0n) is 8.19. The standard InChI is InChI=1S/C10H9N3O3/c11-13-9(14)5-8-10(15)12-6-3-1-2-4-7(6)16-8/h1-5H,11H2,(H,12,15)(H,13,14)/b8-5+. The van der Waals surface area contributed by atoms with Gasteiger partial charge in [0.15, 0.2) is 11.5 Å². The summed E-state index contributed by atoms with van der Waals surface area (Å²) in [5.41, 5.74) is 2.45. The Morgan fingerprint density at radius 1 is 1.44 bits per heavy atom. The molecule has 1 aromatic carbocycles. The first-order valence-corrected chi connectivity index (χ1v) is 4.51. The van der Waals surface area contributed by atoms with E-state index in [0.717, 1.165) is 6.08 Å². The number of rotatable bonds is 1. The maximum atomic E-state index is 11.5. The molecular formula is C10H9N3O3. The van der Waals surface area contributed by atoms with Crippen LogP contribution < -0.4 is 21.3 Å². The number of nitrogens with one attached hydrogen (secondary N) is 2. The van der Waals surface area contributed by atoms with Crippen LogP contribution in [0, 0.1) is 0 Å².